The molecule has 0 radical (unpaired) electrons. The molecular weight excluding hydrogens is 332 g/mol. The molecule has 0 atom stereocenters. The molecule has 0 bridgehead atoms. The van der Waals surface area contributed by atoms with Crippen LogP contribution in [0.3, 0.4) is 0 Å². The predicted molar refractivity (Wildman–Crippen MR) is 48.2 cm³/mol. The molecule has 0 aliphatic heterocycles. The number of nitrogens with zero attached hydrogens (tertiary/aromatic N) is 1. The molecule has 0 unspecified atom stereocenters. The van der Waals surface area contributed by atoms with E-state index in [1.807, 2.05) is 0 Å². The molecule has 0 fully saturated rings. The Kier molecular flexibility index (Phi) is 12.5. The summed E-state index contributed by atoms with van der Waals surface area (Å²) in [6, 6.07) is 10.6. The third-order valence-corrected chi connectivity index (χ3v) is 1.50. The summed E-state index contributed by atoms with van der Waals surface area (Å²) in [5.74, 6) is 0. The maximum atomic E-state index is 2.20. The van der Waals surface area contributed by atoms with Gasteiger partial charge >= 0.3 is 0 Å². The van der Waals surface area contributed by atoms with E-state index in [9.17, 15) is 0 Å². The lowest BCUT2D eigenvalue weighted by molar-refractivity contribution is -0.884. The van der Waals surface area contributed by atoms with Gasteiger partial charge in [-0.25, -0.2) is 0 Å². The SMILES string of the molecule is C[N+](C)(C)Cc1ccccc1.[Cl-].[Cl-].[I-]. The first kappa shape index (κ1) is 20.0. The highest BCUT2D eigenvalue weighted by Gasteiger charge is 2.06. The van der Waals surface area contributed by atoms with Crippen LogP contribution in [-0.2, 0) is 6.54 Å². The lowest BCUT2D eigenvalue weighted by Gasteiger charge is -2.23. The molecule has 0 aliphatic rings. The molecule has 0 aromatic heterocycles. The molecule has 1 aromatic rings. The molecule has 0 spiro atoms. The van der Waals surface area contributed by atoms with E-state index in [1.54, 1.807) is 0 Å². The average Bonchev–Trinajstić information content (AvgIpc) is 1.85. The Morgan fingerprint density at radius 1 is 0.929 bits per heavy atom. The molecule has 0 amide bonds. The van der Waals surface area contributed by atoms with Gasteiger partial charge in [-0.15, -0.1) is 0 Å². The van der Waals surface area contributed by atoms with Gasteiger partial charge in [-0.3, -0.25) is 0 Å². The Morgan fingerprint density at radius 2 is 1.36 bits per heavy atom. The van der Waals surface area contributed by atoms with E-state index < -0.39 is 0 Å². The summed E-state index contributed by atoms with van der Waals surface area (Å²) in [5.41, 5.74) is 1.40. The van der Waals surface area contributed by atoms with E-state index in [4.69, 9.17) is 0 Å². The third kappa shape index (κ3) is 9.06. The molecule has 4 heteroatoms. The molecule has 0 saturated heterocycles. The van der Waals surface area contributed by atoms with Crippen molar-refractivity contribution in [2.75, 3.05) is 21.1 Å². The number of hydrogen-bond donors (Lipinski definition) is 0. The van der Waals surface area contributed by atoms with Crippen molar-refractivity contribution >= 4 is 0 Å². The fraction of sp³-hybridized carbons (Fsp3) is 0.400. The Hall–Kier alpha value is 0.490. The minimum Gasteiger partial charge on any atom is -1.00 e. The first-order chi connectivity index (χ1) is 5.08. The Balaban J connectivity index is -0.000000403. The van der Waals surface area contributed by atoms with Gasteiger partial charge in [-0.05, 0) is 0 Å². The molecule has 0 heterocycles. The first-order valence-electron chi connectivity index (χ1n) is 3.92. The second-order valence-corrected chi connectivity index (χ2v) is 3.93. The minimum atomic E-state index is 0. The van der Waals surface area contributed by atoms with Gasteiger partial charge in [0.1, 0.15) is 6.54 Å². The molecule has 84 valence electrons. The molecule has 0 N–H and O–H groups in total. The van der Waals surface area contributed by atoms with Crippen LogP contribution >= 0.6 is 0 Å². The fourth-order valence-corrected chi connectivity index (χ4v) is 1.13. The average molecular weight is 348 g/mol. The van der Waals surface area contributed by atoms with Gasteiger partial charge in [0.2, 0.25) is 0 Å². The fourth-order valence-electron chi connectivity index (χ4n) is 1.13. The van der Waals surface area contributed by atoms with Crippen LogP contribution in [0.4, 0.5) is 0 Å². The Labute approximate surface area is 116 Å². The number of quaternary nitrogens is 1. The zero-order chi connectivity index (χ0) is 8.32. The molecule has 0 aliphatic carbocycles. The Morgan fingerprint density at radius 3 is 1.71 bits per heavy atom. The number of benzene rings is 1. The van der Waals surface area contributed by atoms with E-state index in [-0.39, 0.29) is 48.8 Å². The van der Waals surface area contributed by atoms with E-state index >= 15 is 0 Å². The van der Waals surface area contributed by atoms with Gasteiger partial charge in [0.05, 0.1) is 21.1 Å². The van der Waals surface area contributed by atoms with Crippen LogP contribution in [0.15, 0.2) is 30.3 Å². The summed E-state index contributed by atoms with van der Waals surface area (Å²) in [6.07, 6.45) is 0. The van der Waals surface area contributed by atoms with Gasteiger partial charge in [0.25, 0.3) is 0 Å². The van der Waals surface area contributed by atoms with Crippen molar-refractivity contribution in [3.8, 4) is 0 Å². The highest BCUT2D eigenvalue weighted by Crippen LogP contribution is 2.04. The van der Waals surface area contributed by atoms with E-state index in [2.05, 4.69) is 51.5 Å². The number of hydrogen-bond acceptors (Lipinski definition) is 0. The largest absolute Gasteiger partial charge is 1.00 e. The van der Waals surface area contributed by atoms with Crippen LogP contribution < -0.4 is 48.8 Å². The van der Waals surface area contributed by atoms with Crippen LogP contribution in [0.2, 0.25) is 0 Å². The maximum absolute atomic E-state index is 2.20. The van der Waals surface area contributed by atoms with Crippen molar-refractivity contribution < 1.29 is 53.3 Å². The second-order valence-electron chi connectivity index (χ2n) is 3.93. The summed E-state index contributed by atoms with van der Waals surface area (Å²) >= 11 is 0. The van der Waals surface area contributed by atoms with Gasteiger partial charge in [-0.1, -0.05) is 30.3 Å². The monoisotopic (exact) mass is 347 g/mol. The van der Waals surface area contributed by atoms with Crippen LogP contribution in [0.1, 0.15) is 5.56 Å². The molecule has 1 nitrogen and oxygen atoms in total. The summed E-state index contributed by atoms with van der Waals surface area (Å²) in [5, 5.41) is 0. The van der Waals surface area contributed by atoms with E-state index in [1.165, 1.54) is 5.56 Å². The van der Waals surface area contributed by atoms with Crippen LogP contribution in [0.5, 0.6) is 0 Å². The molecule has 1 rings (SSSR count). The number of rotatable bonds is 2. The topological polar surface area (TPSA) is 0 Å². The quantitative estimate of drug-likeness (QED) is 0.368. The highest BCUT2D eigenvalue weighted by molar-refractivity contribution is 5.13. The van der Waals surface area contributed by atoms with E-state index in [0.717, 1.165) is 11.0 Å². The van der Waals surface area contributed by atoms with Crippen LogP contribution in [-0.4, -0.2) is 25.6 Å². The zero-order valence-electron chi connectivity index (χ0n) is 8.67. The van der Waals surface area contributed by atoms with Crippen molar-refractivity contribution in [1.29, 1.82) is 0 Å². The summed E-state index contributed by atoms with van der Waals surface area (Å²) in [6.45, 7) is 1.10. The molecular formula is C10H16Cl2IN-2. The van der Waals surface area contributed by atoms with Crippen molar-refractivity contribution in [2.24, 2.45) is 0 Å². The highest BCUT2D eigenvalue weighted by atomic mass is 127. The second kappa shape index (κ2) is 8.77. The molecule has 0 saturated carbocycles. The first-order valence-corrected chi connectivity index (χ1v) is 3.92. The molecule has 14 heavy (non-hydrogen) atoms. The third-order valence-electron chi connectivity index (χ3n) is 1.50. The van der Waals surface area contributed by atoms with Crippen LogP contribution in [0.25, 0.3) is 0 Å². The number of halogens is 3. The van der Waals surface area contributed by atoms with Crippen molar-refractivity contribution in [3.63, 3.8) is 0 Å². The van der Waals surface area contributed by atoms with E-state index in [0.29, 0.717) is 0 Å². The lowest BCUT2D eigenvalue weighted by Crippen LogP contribution is -3.00. The molecule has 1 aromatic carbocycles. The summed E-state index contributed by atoms with van der Waals surface area (Å²) < 4.78 is 0.990. The standard InChI is InChI=1S/C10H16N.2ClH.HI/c1-11(2,3)9-10-7-5-4-6-8-10;;;/h4-8H,9H2,1-3H3;3*1H/q+1;;;/p-3. The van der Waals surface area contributed by atoms with Gasteiger partial charge < -0.3 is 53.3 Å². The predicted octanol–water partition coefficient (Wildman–Crippen LogP) is -7.10. The summed E-state index contributed by atoms with van der Waals surface area (Å²) in [7, 11) is 6.60. The van der Waals surface area contributed by atoms with Gasteiger partial charge in [0.15, 0.2) is 0 Å². The lowest BCUT2D eigenvalue weighted by atomic mass is 10.2. The minimum absolute atomic E-state index is 0. The summed E-state index contributed by atoms with van der Waals surface area (Å²) in [4.78, 5) is 0. The smallest absolute Gasteiger partial charge is 0.104 e. The van der Waals surface area contributed by atoms with Gasteiger partial charge in [-0.2, -0.15) is 0 Å². The Bertz CT molecular complexity index is 221. The normalized spacial score (nSPS) is 9.07. The zero-order valence-corrected chi connectivity index (χ0v) is 12.3. The van der Waals surface area contributed by atoms with Crippen LogP contribution in [0, 0.1) is 0 Å². The maximum Gasteiger partial charge on any atom is 0.104 e. The van der Waals surface area contributed by atoms with Gasteiger partial charge in [0, 0.05) is 5.56 Å². The van der Waals surface area contributed by atoms with Crippen molar-refractivity contribution in [1.82, 2.24) is 0 Å². The van der Waals surface area contributed by atoms with Crippen molar-refractivity contribution in [3.05, 3.63) is 35.9 Å². The van der Waals surface area contributed by atoms with Crippen molar-refractivity contribution in [2.45, 2.75) is 6.54 Å².